The van der Waals surface area contributed by atoms with Crippen LogP contribution in [0, 0.1) is 0 Å². The van der Waals surface area contributed by atoms with E-state index < -0.39 is 6.04 Å². The predicted octanol–water partition coefficient (Wildman–Crippen LogP) is 3.77. The maximum atomic E-state index is 13.1. The van der Waals surface area contributed by atoms with Crippen molar-refractivity contribution in [1.82, 2.24) is 19.8 Å². The van der Waals surface area contributed by atoms with Gasteiger partial charge in [-0.25, -0.2) is 4.98 Å². The highest BCUT2D eigenvalue weighted by Gasteiger charge is 2.25. The van der Waals surface area contributed by atoms with E-state index in [4.69, 9.17) is 9.40 Å². The number of furan rings is 1. The molecule has 29 heavy (non-hydrogen) atoms. The number of para-hydroxylation sites is 2. The van der Waals surface area contributed by atoms with E-state index in [0.29, 0.717) is 5.82 Å². The molecule has 0 aliphatic carbocycles. The molecule has 3 aromatic rings. The first-order valence-corrected chi connectivity index (χ1v) is 9.90. The Hall–Kier alpha value is -3.09. The van der Waals surface area contributed by atoms with Crippen molar-refractivity contribution < 1.29 is 14.0 Å². The lowest BCUT2D eigenvalue weighted by Crippen LogP contribution is -2.44. The largest absolute Gasteiger partial charge is 0.459 e. The highest BCUT2D eigenvalue weighted by Crippen LogP contribution is 2.22. The number of benzene rings is 1. The first-order chi connectivity index (χ1) is 13.8. The van der Waals surface area contributed by atoms with E-state index in [1.807, 2.05) is 68.4 Å². The second kappa shape index (κ2) is 8.51. The Labute approximate surface area is 170 Å². The SMILES string of the molecule is CC(C)N(C(=O)Cn1c([C@@H](C)NC(=O)c2ccco2)nc2ccccc21)C(C)C. The molecular formula is C22H28N4O3. The van der Waals surface area contributed by atoms with Gasteiger partial charge in [-0.15, -0.1) is 0 Å². The van der Waals surface area contributed by atoms with E-state index in [1.165, 1.54) is 6.26 Å². The highest BCUT2D eigenvalue weighted by molar-refractivity contribution is 5.91. The van der Waals surface area contributed by atoms with Crippen LogP contribution in [0.4, 0.5) is 0 Å². The normalized spacial score (nSPS) is 12.5. The summed E-state index contributed by atoms with van der Waals surface area (Å²) in [5.41, 5.74) is 1.65. The van der Waals surface area contributed by atoms with Gasteiger partial charge in [-0.2, -0.15) is 0 Å². The summed E-state index contributed by atoms with van der Waals surface area (Å²) >= 11 is 0. The van der Waals surface area contributed by atoms with Crippen LogP contribution < -0.4 is 5.32 Å². The van der Waals surface area contributed by atoms with Crippen LogP contribution in [0.25, 0.3) is 11.0 Å². The van der Waals surface area contributed by atoms with Crippen molar-refractivity contribution in [3.8, 4) is 0 Å². The molecule has 0 bridgehead atoms. The van der Waals surface area contributed by atoms with E-state index in [1.54, 1.807) is 12.1 Å². The zero-order valence-corrected chi connectivity index (χ0v) is 17.5. The molecule has 0 saturated heterocycles. The summed E-state index contributed by atoms with van der Waals surface area (Å²) in [4.78, 5) is 32.1. The summed E-state index contributed by atoms with van der Waals surface area (Å²) in [6.45, 7) is 10.1. The van der Waals surface area contributed by atoms with Gasteiger partial charge < -0.3 is 19.2 Å². The average molecular weight is 396 g/mol. The minimum absolute atomic E-state index is 0.0176. The zero-order chi connectivity index (χ0) is 21.1. The van der Waals surface area contributed by atoms with Crippen molar-refractivity contribution in [2.45, 2.75) is 59.3 Å². The lowest BCUT2D eigenvalue weighted by Gasteiger charge is -2.31. The number of hydrogen-bond donors (Lipinski definition) is 1. The standard InChI is InChI=1S/C22H28N4O3/c1-14(2)26(15(3)4)20(27)13-25-18-10-7-6-9-17(18)24-21(25)16(5)23-22(28)19-11-8-12-29-19/h6-12,14-16H,13H2,1-5H3,(H,23,28)/t16-/m1/s1. The molecule has 1 atom stereocenters. The summed E-state index contributed by atoms with van der Waals surface area (Å²) < 4.78 is 7.06. The van der Waals surface area contributed by atoms with Crippen LogP contribution in [0.3, 0.4) is 0 Å². The molecule has 1 aromatic carbocycles. The number of rotatable bonds is 7. The number of carbonyl (C=O) groups excluding carboxylic acids is 2. The smallest absolute Gasteiger partial charge is 0.287 e. The van der Waals surface area contributed by atoms with Crippen molar-refractivity contribution in [3.05, 3.63) is 54.2 Å². The molecule has 2 aromatic heterocycles. The third-order valence-corrected chi connectivity index (χ3v) is 4.86. The number of fused-ring (bicyclic) bond motifs is 1. The molecule has 2 heterocycles. The van der Waals surface area contributed by atoms with Crippen molar-refractivity contribution in [3.63, 3.8) is 0 Å². The number of imidazole rings is 1. The average Bonchev–Trinajstić information content (AvgIpc) is 3.29. The molecule has 7 nitrogen and oxygen atoms in total. The molecule has 3 rings (SSSR count). The molecule has 2 amide bonds. The van der Waals surface area contributed by atoms with Gasteiger partial charge in [0.15, 0.2) is 5.76 Å². The lowest BCUT2D eigenvalue weighted by molar-refractivity contribution is -0.135. The minimum Gasteiger partial charge on any atom is -0.459 e. The fraction of sp³-hybridized carbons (Fsp3) is 0.409. The molecule has 0 aliphatic rings. The number of hydrogen-bond acceptors (Lipinski definition) is 4. The van der Waals surface area contributed by atoms with Gasteiger partial charge in [0.25, 0.3) is 5.91 Å². The van der Waals surface area contributed by atoms with Gasteiger partial charge in [0.05, 0.1) is 23.3 Å². The summed E-state index contributed by atoms with van der Waals surface area (Å²) in [7, 11) is 0. The van der Waals surface area contributed by atoms with E-state index in [0.717, 1.165) is 11.0 Å². The summed E-state index contributed by atoms with van der Waals surface area (Å²) in [5, 5.41) is 2.91. The van der Waals surface area contributed by atoms with E-state index >= 15 is 0 Å². The number of nitrogens with zero attached hydrogens (tertiary/aromatic N) is 3. The van der Waals surface area contributed by atoms with Crippen LogP contribution in [0.2, 0.25) is 0 Å². The first-order valence-electron chi connectivity index (χ1n) is 9.90. The van der Waals surface area contributed by atoms with Crippen molar-refractivity contribution >= 4 is 22.8 Å². The molecular weight excluding hydrogens is 368 g/mol. The van der Waals surface area contributed by atoms with Crippen LogP contribution in [0.15, 0.2) is 47.1 Å². The molecule has 0 saturated carbocycles. The highest BCUT2D eigenvalue weighted by atomic mass is 16.3. The third kappa shape index (κ3) is 4.34. The molecule has 7 heteroatoms. The molecule has 0 spiro atoms. The van der Waals surface area contributed by atoms with Crippen molar-refractivity contribution in [2.75, 3.05) is 0 Å². The Morgan fingerprint density at radius 2 is 1.76 bits per heavy atom. The Bertz CT molecular complexity index is 981. The number of amides is 2. The summed E-state index contributed by atoms with van der Waals surface area (Å²) in [5.74, 6) is 0.565. The van der Waals surface area contributed by atoms with E-state index in [-0.39, 0.29) is 36.2 Å². The second-order valence-electron chi connectivity index (χ2n) is 7.71. The fourth-order valence-electron chi connectivity index (χ4n) is 3.72. The Morgan fingerprint density at radius 3 is 2.38 bits per heavy atom. The molecule has 0 fully saturated rings. The number of nitrogens with one attached hydrogen (secondary N) is 1. The van der Waals surface area contributed by atoms with Crippen molar-refractivity contribution in [2.24, 2.45) is 0 Å². The predicted molar refractivity (Wildman–Crippen MR) is 111 cm³/mol. The summed E-state index contributed by atoms with van der Waals surface area (Å²) in [6.07, 6.45) is 1.46. The van der Waals surface area contributed by atoms with Gasteiger partial charge >= 0.3 is 0 Å². The molecule has 1 N–H and O–H groups in total. The third-order valence-electron chi connectivity index (χ3n) is 4.86. The van der Waals surface area contributed by atoms with Crippen LogP contribution in [0.1, 0.15) is 57.0 Å². The van der Waals surface area contributed by atoms with Crippen LogP contribution in [-0.4, -0.2) is 38.3 Å². The minimum atomic E-state index is -0.403. The van der Waals surface area contributed by atoms with Gasteiger partial charge in [-0.3, -0.25) is 9.59 Å². The Kier molecular flexibility index (Phi) is 6.06. The monoisotopic (exact) mass is 396 g/mol. The van der Waals surface area contributed by atoms with Gasteiger partial charge in [0, 0.05) is 12.1 Å². The maximum absolute atomic E-state index is 13.1. The fourth-order valence-corrected chi connectivity index (χ4v) is 3.72. The van der Waals surface area contributed by atoms with Crippen molar-refractivity contribution in [1.29, 1.82) is 0 Å². The number of aromatic nitrogens is 2. The van der Waals surface area contributed by atoms with Gasteiger partial charge in [-0.05, 0) is 58.9 Å². The molecule has 0 radical (unpaired) electrons. The van der Waals surface area contributed by atoms with Crippen LogP contribution >= 0.6 is 0 Å². The topological polar surface area (TPSA) is 80.4 Å². The van der Waals surface area contributed by atoms with Gasteiger partial charge in [0.2, 0.25) is 5.91 Å². The van der Waals surface area contributed by atoms with E-state index in [9.17, 15) is 9.59 Å². The van der Waals surface area contributed by atoms with Crippen LogP contribution in [0.5, 0.6) is 0 Å². The Balaban J connectivity index is 1.93. The summed E-state index contributed by atoms with van der Waals surface area (Å²) in [6, 6.07) is 10.7. The van der Waals surface area contributed by atoms with E-state index in [2.05, 4.69) is 5.32 Å². The Morgan fingerprint density at radius 1 is 1.07 bits per heavy atom. The van der Waals surface area contributed by atoms with Gasteiger partial charge in [-0.1, -0.05) is 12.1 Å². The lowest BCUT2D eigenvalue weighted by atomic mass is 10.2. The number of carbonyl (C=O) groups is 2. The van der Waals surface area contributed by atoms with Crippen LogP contribution in [-0.2, 0) is 11.3 Å². The molecule has 0 unspecified atom stereocenters. The first kappa shape index (κ1) is 20.6. The zero-order valence-electron chi connectivity index (χ0n) is 17.5. The quantitative estimate of drug-likeness (QED) is 0.659. The molecule has 154 valence electrons. The maximum Gasteiger partial charge on any atom is 0.287 e. The van der Waals surface area contributed by atoms with Gasteiger partial charge in [0.1, 0.15) is 12.4 Å². The molecule has 0 aliphatic heterocycles. The second-order valence-corrected chi connectivity index (χ2v) is 7.71.